The highest BCUT2D eigenvalue weighted by Crippen LogP contribution is 2.40. The van der Waals surface area contributed by atoms with Crippen LogP contribution in [0, 0.1) is 5.41 Å². The lowest BCUT2D eigenvalue weighted by atomic mass is 9.74. The maximum absolute atomic E-state index is 13.2. The Bertz CT molecular complexity index is 1640. The van der Waals surface area contributed by atoms with Crippen LogP contribution in [-0.2, 0) is 24.1 Å². The summed E-state index contributed by atoms with van der Waals surface area (Å²) in [7, 11) is 0. The maximum atomic E-state index is 13.2. The van der Waals surface area contributed by atoms with Crippen molar-refractivity contribution in [3.8, 4) is 0 Å². The van der Waals surface area contributed by atoms with Crippen LogP contribution in [0.4, 0.5) is 16.4 Å². The molecule has 11 heteroatoms. The van der Waals surface area contributed by atoms with Crippen LogP contribution in [0.1, 0.15) is 68.3 Å². The molecule has 10 nitrogen and oxygen atoms in total. The molecule has 4 N–H and O–H groups in total. The van der Waals surface area contributed by atoms with Crippen molar-refractivity contribution in [1.29, 1.82) is 0 Å². The van der Waals surface area contributed by atoms with Gasteiger partial charge in [-0.15, -0.1) is 0 Å². The average Bonchev–Trinajstić information content (AvgIpc) is 3.33. The number of aromatic nitrogens is 4. The molecule has 0 saturated carbocycles. The number of nitrogen functional groups attached to an aromatic ring is 2. The summed E-state index contributed by atoms with van der Waals surface area (Å²) in [5.41, 5.74) is 14.2. The van der Waals surface area contributed by atoms with Gasteiger partial charge >= 0.3 is 6.09 Å². The van der Waals surface area contributed by atoms with E-state index >= 15 is 0 Å². The number of halogens is 1. The number of ketones is 1. The first-order chi connectivity index (χ1) is 20.9. The van der Waals surface area contributed by atoms with Crippen molar-refractivity contribution in [2.24, 2.45) is 5.41 Å². The fourth-order valence-corrected chi connectivity index (χ4v) is 5.98. The van der Waals surface area contributed by atoms with Crippen molar-refractivity contribution >= 4 is 46.1 Å². The number of fused-ring (bicyclic) bond motifs is 1. The Kier molecular flexibility index (Phi) is 9.10. The minimum atomic E-state index is -0.547. The first-order valence-corrected chi connectivity index (χ1v) is 15.4. The molecular formula is C33H40ClN7O3. The molecule has 0 radical (unpaired) electrons. The number of likely N-dealkylation sites (tertiary alicyclic amines) is 1. The molecule has 3 heterocycles. The van der Waals surface area contributed by atoms with Crippen molar-refractivity contribution in [2.75, 3.05) is 24.6 Å². The van der Waals surface area contributed by atoms with Crippen molar-refractivity contribution in [3.05, 3.63) is 76.8 Å². The van der Waals surface area contributed by atoms with Gasteiger partial charge in [0.05, 0.1) is 11.0 Å². The number of hydrogen-bond donors (Lipinski definition) is 2. The molecule has 0 bridgehead atoms. The number of hydrogen-bond acceptors (Lipinski definition) is 8. The highest BCUT2D eigenvalue weighted by molar-refractivity contribution is 6.31. The molecule has 0 spiro atoms. The van der Waals surface area contributed by atoms with E-state index in [0.29, 0.717) is 26.1 Å². The molecular weight excluding hydrogens is 578 g/mol. The van der Waals surface area contributed by atoms with E-state index in [-0.39, 0.29) is 46.2 Å². The van der Waals surface area contributed by atoms with E-state index in [1.165, 1.54) is 5.56 Å². The monoisotopic (exact) mass is 617 g/mol. The van der Waals surface area contributed by atoms with Crippen LogP contribution in [0.2, 0.25) is 5.15 Å². The van der Waals surface area contributed by atoms with Crippen molar-refractivity contribution < 1.29 is 14.3 Å². The van der Waals surface area contributed by atoms with E-state index in [9.17, 15) is 9.59 Å². The van der Waals surface area contributed by atoms with Crippen molar-refractivity contribution in [3.63, 3.8) is 0 Å². The Balaban J connectivity index is 1.41. The summed E-state index contributed by atoms with van der Waals surface area (Å²) in [5.74, 6) is 0.476. The summed E-state index contributed by atoms with van der Waals surface area (Å²) in [5, 5.41) is -0.0483. The molecule has 2 aromatic carbocycles. The molecule has 0 atom stereocenters. The number of aryl methyl sites for hydroxylation is 2. The average molecular weight is 618 g/mol. The molecule has 0 unspecified atom stereocenters. The Morgan fingerprint density at radius 2 is 1.61 bits per heavy atom. The van der Waals surface area contributed by atoms with E-state index in [1.807, 2.05) is 49.9 Å². The van der Waals surface area contributed by atoms with E-state index < -0.39 is 5.60 Å². The standard InChI is InChI=1S/C33H40ClN7O3/c1-32(2,3)44-31(43)40-19-17-33(18-20-40,16-15-22-9-5-4-6-10-22)21-41-24-12-8-7-11-23(24)37-26(41)14-13-25(42)27-29(35)39-30(36)28(34)38-27/h4-12H,13-21H2,1-3H3,(H4,35,36,39). The van der Waals surface area contributed by atoms with Crippen LogP contribution < -0.4 is 11.5 Å². The van der Waals surface area contributed by atoms with Crippen molar-refractivity contribution in [1.82, 2.24) is 24.4 Å². The van der Waals surface area contributed by atoms with Gasteiger partial charge in [0.25, 0.3) is 0 Å². The van der Waals surface area contributed by atoms with Gasteiger partial charge in [-0.2, -0.15) is 0 Å². The summed E-state index contributed by atoms with van der Waals surface area (Å²) in [6.45, 7) is 7.59. The third-order valence-electron chi connectivity index (χ3n) is 8.23. The maximum Gasteiger partial charge on any atom is 0.410 e. The molecule has 44 heavy (non-hydrogen) atoms. The number of nitrogens with two attached hydrogens (primary N) is 2. The Morgan fingerprint density at radius 1 is 0.932 bits per heavy atom. The number of Topliss-reactive ketones (excluding diaryl/α,β-unsaturated/α-hetero) is 1. The molecule has 5 rings (SSSR count). The molecule has 1 aliphatic rings. The summed E-state index contributed by atoms with van der Waals surface area (Å²) in [6.07, 6.45) is 3.75. The fourth-order valence-electron chi connectivity index (χ4n) is 5.85. The van der Waals surface area contributed by atoms with Gasteiger partial charge in [0, 0.05) is 32.5 Å². The molecule has 0 aliphatic carbocycles. The first kappa shape index (κ1) is 31.3. The quantitative estimate of drug-likeness (QED) is 0.214. The number of imidazole rings is 1. The highest BCUT2D eigenvalue weighted by atomic mass is 35.5. The summed E-state index contributed by atoms with van der Waals surface area (Å²) < 4.78 is 7.93. The van der Waals surface area contributed by atoms with E-state index in [4.69, 9.17) is 32.8 Å². The molecule has 2 aromatic heterocycles. The zero-order valence-corrected chi connectivity index (χ0v) is 26.3. The van der Waals surface area contributed by atoms with Crippen LogP contribution in [0.5, 0.6) is 0 Å². The summed E-state index contributed by atoms with van der Waals surface area (Å²) >= 11 is 6.03. The van der Waals surface area contributed by atoms with Gasteiger partial charge in [-0.25, -0.2) is 19.7 Å². The topological polar surface area (TPSA) is 142 Å². The van der Waals surface area contributed by atoms with Crippen LogP contribution in [0.15, 0.2) is 54.6 Å². The minimum Gasteiger partial charge on any atom is -0.444 e. The van der Waals surface area contributed by atoms with Crippen molar-refractivity contribution in [2.45, 2.75) is 71.4 Å². The Hall–Kier alpha value is -4.18. The summed E-state index contributed by atoms with van der Waals surface area (Å²) in [4.78, 5) is 40.9. The number of benzene rings is 2. The lowest BCUT2D eigenvalue weighted by Crippen LogP contribution is -2.46. The number of ether oxygens (including phenoxy) is 1. The predicted octanol–water partition coefficient (Wildman–Crippen LogP) is 6.11. The SMILES string of the molecule is CC(C)(C)OC(=O)N1CCC(CCc2ccccc2)(Cn2c(CCC(=O)c3nc(Cl)c(N)nc3N)nc3ccccc32)CC1. The number of para-hydroxylation sites is 2. The number of carbonyl (C=O) groups is 2. The number of piperidine rings is 1. The molecule has 1 amide bonds. The second-order valence-electron chi connectivity index (χ2n) is 12.6. The van der Waals surface area contributed by atoms with Gasteiger partial charge in [0.1, 0.15) is 17.1 Å². The van der Waals surface area contributed by atoms with Gasteiger partial charge in [0.15, 0.2) is 22.6 Å². The number of nitrogens with zero attached hydrogens (tertiary/aromatic N) is 5. The van der Waals surface area contributed by atoms with Gasteiger partial charge in [-0.3, -0.25) is 4.79 Å². The number of rotatable bonds is 9. The largest absolute Gasteiger partial charge is 0.444 e. The van der Waals surface area contributed by atoms with Gasteiger partial charge in [-0.1, -0.05) is 54.1 Å². The van der Waals surface area contributed by atoms with E-state index in [1.54, 1.807) is 0 Å². The van der Waals surface area contributed by atoms with E-state index in [2.05, 4.69) is 44.9 Å². The first-order valence-electron chi connectivity index (χ1n) is 15.0. The predicted molar refractivity (Wildman–Crippen MR) is 172 cm³/mol. The lowest BCUT2D eigenvalue weighted by molar-refractivity contribution is 0.00638. The van der Waals surface area contributed by atoms with Crippen LogP contribution in [-0.4, -0.2) is 55.0 Å². The fraction of sp³-hybridized carbons (Fsp3) is 0.424. The third kappa shape index (κ3) is 7.30. The van der Waals surface area contributed by atoms with Crippen LogP contribution in [0.25, 0.3) is 11.0 Å². The highest BCUT2D eigenvalue weighted by Gasteiger charge is 2.38. The normalized spacial score (nSPS) is 15.0. The minimum absolute atomic E-state index is 0.0129. The molecule has 232 valence electrons. The lowest BCUT2D eigenvalue weighted by Gasteiger charge is -2.43. The Labute approximate surface area is 262 Å². The van der Waals surface area contributed by atoms with Crippen LogP contribution >= 0.6 is 11.6 Å². The zero-order chi connectivity index (χ0) is 31.5. The molecule has 4 aromatic rings. The van der Waals surface area contributed by atoms with Gasteiger partial charge < -0.3 is 25.7 Å². The smallest absolute Gasteiger partial charge is 0.410 e. The van der Waals surface area contributed by atoms with E-state index in [0.717, 1.165) is 42.5 Å². The van der Waals surface area contributed by atoms with Crippen LogP contribution in [0.3, 0.4) is 0 Å². The third-order valence-corrected chi connectivity index (χ3v) is 8.51. The second kappa shape index (κ2) is 12.8. The molecule has 1 aliphatic heterocycles. The number of amides is 1. The number of carbonyl (C=O) groups excluding carboxylic acids is 2. The molecule has 1 fully saturated rings. The zero-order valence-electron chi connectivity index (χ0n) is 25.6. The number of anilines is 2. The van der Waals surface area contributed by atoms with Gasteiger partial charge in [0.2, 0.25) is 0 Å². The molecule has 1 saturated heterocycles. The Morgan fingerprint density at radius 3 is 2.32 bits per heavy atom. The second-order valence-corrected chi connectivity index (χ2v) is 13.0. The van der Waals surface area contributed by atoms with Gasteiger partial charge in [-0.05, 0) is 69.6 Å². The summed E-state index contributed by atoms with van der Waals surface area (Å²) in [6, 6.07) is 18.5.